The van der Waals surface area contributed by atoms with Crippen LogP contribution in [0.1, 0.15) is 0 Å². The van der Waals surface area contributed by atoms with Crippen LogP contribution in [0.3, 0.4) is 0 Å². The Balaban J connectivity index is 2.65. The van der Waals surface area contributed by atoms with E-state index in [4.69, 9.17) is 18.9 Å². The summed E-state index contributed by atoms with van der Waals surface area (Å²) in [5, 5.41) is 1.75. The largest absolute Gasteiger partial charge is 0.462 e. The predicted molar refractivity (Wildman–Crippen MR) is 87.2 cm³/mol. The van der Waals surface area contributed by atoms with Gasteiger partial charge >= 0.3 is 0 Å². The fourth-order valence-electron chi connectivity index (χ4n) is 1.99. The van der Waals surface area contributed by atoms with Gasteiger partial charge in [-0.3, -0.25) is 0 Å². The summed E-state index contributed by atoms with van der Waals surface area (Å²) in [5.74, 6) is 2.07. The summed E-state index contributed by atoms with van der Waals surface area (Å²) in [6.07, 6.45) is 5.31. The third-order valence-corrected chi connectivity index (χ3v) is 2.81. The second-order valence-electron chi connectivity index (χ2n) is 4.08. The van der Waals surface area contributed by atoms with Crippen LogP contribution < -0.4 is 18.9 Å². The molecule has 2 aromatic rings. The molecule has 0 atom stereocenters. The third-order valence-electron chi connectivity index (χ3n) is 2.81. The van der Waals surface area contributed by atoms with Gasteiger partial charge in [0.15, 0.2) is 23.0 Å². The van der Waals surface area contributed by atoms with Gasteiger partial charge in [-0.2, -0.15) is 0 Å². The Kier molecular flexibility index (Phi) is 4.88. The number of benzene rings is 2. The summed E-state index contributed by atoms with van der Waals surface area (Å²) >= 11 is 0. The van der Waals surface area contributed by atoms with Crippen molar-refractivity contribution in [1.82, 2.24) is 0 Å². The van der Waals surface area contributed by atoms with E-state index in [9.17, 15) is 0 Å². The van der Waals surface area contributed by atoms with Crippen LogP contribution in [-0.4, -0.2) is 0 Å². The standard InChI is InChI=1S/C18H16O4/c1-5-19-15-9-13-11-17(21-7-3)18(22-8-4)12-14(13)10-16(15)20-6-2/h5-12H,1-4H2. The van der Waals surface area contributed by atoms with Gasteiger partial charge in [0.05, 0.1) is 25.0 Å². The van der Waals surface area contributed by atoms with Gasteiger partial charge in [-0.05, 0) is 35.0 Å². The first-order chi connectivity index (χ1) is 10.7. The van der Waals surface area contributed by atoms with E-state index in [0.717, 1.165) is 10.8 Å². The Morgan fingerprint density at radius 2 is 0.727 bits per heavy atom. The van der Waals surface area contributed by atoms with Crippen LogP contribution in [0.4, 0.5) is 0 Å². The molecule has 4 nitrogen and oxygen atoms in total. The highest BCUT2D eigenvalue weighted by atomic mass is 16.5. The van der Waals surface area contributed by atoms with E-state index in [1.807, 2.05) is 24.3 Å². The van der Waals surface area contributed by atoms with Gasteiger partial charge in [0, 0.05) is 0 Å². The minimum atomic E-state index is 0.518. The molecule has 4 heteroatoms. The van der Waals surface area contributed by atoms with E-state index < -0.39 is 0 Å². The molecule has 22 heavy (non-hydrogen) atoms. The molecule has 2 rings (SSSR count). The maximum Gasteiger partial charge on any atom is 0.169 e. The molecular weight excluding hydrogens is 280 g/mol. The summed E-state index contributed by atoms with van der Waals surface area (Å²) < 4.78 is 21.4. The average molecular weight is 296 g/mol. The minimum absolute atomic E-state index is 0.518. The van der Waals surface area contributed by atoms with Crippen LogP contribution in [0.2, 0.25) is 0 Å². The highest BCUT2D eigenvalue weighted by Gasteiger charge is 2.11. The molecule has 0 aromatic heterocycles. The van der Waals surface area contributed by atoms with Gasteiger partial charge in [-0.25, -0.2) is 0 Å². The van der Waals surface area contributed by atoms with Crippen LogP contribution in [0.5, 0.6) is 23.0 Å². The Morgan fingerprint density at radius 1 is 0.500 bits per heavy atom. The van der Waals surface area contributed by atoms with Crippen LogP contribution >= 0.6 is 0 Å². The monoisotopic (exact) mass is 296 g/mol. The van der Waals surface area contributed by atoms with Crippen LogP contribution in [0.25, 0.3) is 10.8 Å². The van der Waals surface area contributed by atoms with Crippen molar-refractivity contribution >= 4 is 10.8 Å². The van der Waals surface area contributed by atoms with Gasteiger partial charge in [0.1, 0.15) is 0 Å². The van der Waals surface area contributed by atoms with E-state index in [2.05, 4.69) is 26.3 Å². The van der Waals surface area contributed by atoms with Crippen molar-refractivity contribution in [3.05, 3.63) is 75.6 Å². The van der Waals surface area contributed by atoms with Crippen molar-refractivity contribution in [2.24, 2.45) is 0 Å². The normalized spacial score (nSPS) is 9.64. The van der Waals surface area contributed by atoms with E-state index in [1.165, 1.54) is 25.0 Å². The molecule has 0 aliphatic heterocycles. The molecule has 0 aliphatic rings. The molecule has 0 fully saturated rings. The molecule has 0 unspecified atom stereocenters. The molecular formula is C18H16O4. The van der Waals surface area contributed by atoms with Crippen molar-refractivity contribution in [3.8, 4) is 23.0 Å². The van der Waals surface area contributed by atoms with Crippen molar-refractivity contribution in [2.45, 2.75) is 0 Å². The second kappa shape index (κ2) is 7.04. The molecule has 0 spiro atoms. The number of hydrogen-bond donors (Lipinski definition) is 0. The quantitative estimate of drug-likeness (QED) is 0.647. The van der Waals surface area contributed by atoms with Gasteiger partial charge < -0.3 is 18.9 Å². The Morgan fingerprint density at radius 3 is 0.909 bits per heavy atom. The lowest BCUT2D eigenvalue weighted by Crippen LogP contribution is -1.92. The zero-order valence-electron chi connectivity index (χ0n) is 12.1. The van der Waals surface area contributed by atoms with Crippen LogP contribution in [-0.2, 0) is 0 Å². The summed E-state index contributed by atoms with van der Waals surface area (Å²) in [6, 6.07) is 7.24. The van der Waals surface area contributed by atoms with E-state index in [-0.39, 0.29) is 0 Å². The average Bonchev–Trinajstić information content (AvgIpc) is 2.50. The first-order valence-electron chi connectivity index (χ1n) is 6.45. The summed E-state index contributed by atoms with van der Waals surface area (Å²) in [7, 11) is 0. The molecule has 0 aliphatic carbocycles. The number of hydrogen-bond acceptors (Lipinski definition) is 4. The summed E-state index contributed by atoms with van der Waals surface area (Å²) in [6.45, 7) is 14.2. The number of rotatable bonds is 8. The van der Waals surface area contributed by atoms with Crippen molar-refractivity contribution < 1.29 is 18.9 Å². The topological polar surface area (TPSA) is 36.9 Å². The lowest BCUT2D eigenvalue weighted by Gasteiger charge is -2.12. The molecule has 0 amide bonds. The Hall–Kier alpha value is -3.14. The van der Waals surface area contributed by atoms with Gasteiger partial charge in [0.2, 0.25) is 0 Å². The molecule has 0 radical (unpaired) electrons. The van der Waals surface area contributed by atoms with E-state index >= 15 is 0 Å². The molecule has 0 heterocycles. The zero-order valence-corrected chi connectivity index (χ0v) is 12.1. The first-order valence-corrected chi connectivity index (χ1v) is 6.45. The molecule has 0 bridgehead atoms. The summed E-state index contributed by atoms with van der Waals surface area (Å²) in [5.41, 5.74) is 0. The number of ether oxygens (including phenoxy) is 4. The first kappa shape index (κ1) is 15.3. The highest BCUT2D eigenvalue weighted by Crippen LogP contribution is 2.38. The van der Waals surface area contributed by atoms with Crippen molar-refractivity contribution in [1.29, 1.82) is 0 Å². The van der Waals surface area contributed by atoms with E-state index in [0.29, 0.717) is 23.0 Å². The Labute approximate surface area is 129 Å². The minimum Gasteiger partial charge on any atom is -0.462 e. The lowest BCUT2D eigenvalue weighted by atomic mass is 10.1. The molecule has 0 saturated carbocycles. The highest BCUT2D eigenvalue weighted by molar-refractivity contribution is 5.89. The maximum atomic E-state index is 5.36. The fourth-order valence-corrected chi connectivity index (χ4v) is 1.99. The summed E-state index contributed by atoms with van der Waals surface area (Å²) in [4.78, 5) is 0. The van der Waals surface area contributed by atoms with Crippen LogP contribution in [0.15, 0.2) is 75.6 Å². The van der Waals surface area contributed by atoms with Crippen LogP contribution in [0, 0.1) is 0 Å². The molecule has 0 saturated heterocycles. The van der Waals surface area contributed by atoms with E-state index in [1.54, 1.807) is 0 Å². The smallest absolute Gasteiger partial charge is 0.169 e. The third kappa shape index (κ3) is 3.12. The molecule has 0 N–H and O–H groups in total. The number of fused-ring (bicyclic) bond motifs is 1. The zero-order chi connectivity index (χ0) is 15.9. The van der Waals surface area contributed by atoms with Crippen molar-refractivity contribution in [3.63, 3.8) is 0 Å². The SMILES string of the molecule is C=COc1cc2cc(OC=C)c(OC=C)cc2cc1OC=C. The predicted octanol–water partition coefficient (Wildman–Crippen LogP) is 4.93. The Bertz CT molecular complexity index is 610. The molecule has 112 valence electrons. The van der Waals surface area contributed by atoms with Gasteiger partial charge in [0.25, 0.3) is 0 Å². The fraction of sp³-hybridized carbons (Fsp3) is 0. The van der Waals surface area contributed by atoms with Gasteiger partial charge in [-0.15, -0.1) is 0 Å². The lowest BCUT2D eigenvalue weighted by molar-refractivity contribution is 0.417. The van der Waals surface area contributed by atoms with Gasteiger partial charge in [-0.1, -0.05) is 26.3 Å². The van der Waals surface area contributed by atoms with Crippen molar-refractivity contribution in [2.75, 3.05) is 0 Å². The molecule has 2 aromatic carbocycles. The maximum absolute atomic E-state index is 5.36. The second-order valence-corrected chi connectivity index (χ2v) is 4.08.